The van der Waals surface area contributed by atoms with E-state index in [1.807, 2.05) is 6.07 Å². The quantitative estimate of drug-likeness (QED) is 0.557. The first-order chi connectivity index (χ1) is 13.3. The van der Waals surface area contributed by atoms with Gasteiger partial charge in [0.2, 0.25) is 5.78 Å². The van der Waals surface area contributed by atoms with Gasteiger partial charge in [0.15, 0.2) is 0 Å². The van der Waals surface area contributed by atoms with Crippen LogP contribution in [0, 0.1) is 0 Å². The zero-order chi connectivity index (χ0) is 18.2. The maximum Gasteiger partial charge on any atom is 0.215 e. The van der Waals surface area contributed by atoms with Crippen LogP contribution in [0.25, 0.3) is 28.1 Å². The first-order valence-electron chi connectivity index (χ1n) is 9.65. The molecule has 5 nitrogen and oxygen atoms in total. The van der Waals surface area contributed by atoms with E-state index in [9.17, 15) is 0 Å². The number of morpholine rings is 1. The standard InChI is InChI=1S/C22H24N4O/c1-17(24-11-13-27-14-12-24)15-25-20-9-5-6-10-21(20)26-16-19(23-22(25)26)18-7-3-2-4-8-18/h2-10,16-17H,11-15H2,1H3. The predicted octanol–water partition coefficient (Wildman–Crippen LogP) is 3.68. The SMILES string of the molecule is CC(Cn1c2ccccc2n2cc(-c3ccccc3)nc12)N1CCOCC1. The molecule has 0 bridgehead atoms. The first kappa shape index (κ1) is 16.5. The smallest absolute Gasteiger partial charge is 0.215 e. The third kappa shape index (κ3) is 2.93. The third-order valence-electron chi connectivity index (χ3n) is 5.55. The Kier molecular flexibility index (Phi) is 4.19. The molecule has 138 valence electrons. The summed E-state index contributed by atoms with van der Waals surface area (Å²) < 4.78 is 10.1. The maximum absolute atomic E-state index is 5.51. The summed E-state index contributed by atoms with van der Waals surface area (Å²) >= 11 is 0. The minimum Gasteiger partial charge on any atom is -0.379 e. The topological polar surface area (TPSA) is 34.7 Å². The summed E-state index contributed by atoms with van der Waals surface area (Å²) in [5.74, 6) is 1.01. The molecule has 1 saturated heterocycles. The van der Waals surface area contributed by atoms with Gasteiger partial charge in [-0.05, 0) is 19.1 Å². The zero-order valence-corrected chi connectivity index (χ0v) is 15.6. The fourth-order valence-electron chi connectivity index (χ4n) is 4.07. The van der Waals surface area contributed by atoms with Crippen LogP contribution in [0.5, 0.6) is 0 Å². The third-order valence-corrected chi connectivity index (χ3v) is 5.55. The van der Waals surface area contributed by atoms with Crippen LogP contribution in [0.4, 0.5) is 0 Å². The lowest BCUT2D eigenvalue weighted by Crippen LogP contribution is -2.43. The lowest BCUT2D eigenvalue weighted by atomic mass is 10.2. The largest absolute Gasteiger partial charge is 0.379 e. The molecule has 4 aromatic rings. The highest BCUT2D eigenvalue weighted by Gasteiger charge is 2.21. The maximum atomic E-state index is 5.51. The summed E-state index contributed by atoms with van der Waals surface area (Å²) in [5.41, 5.74) is 4.61. The Morgan fingerprint density at radius 1 is 0.963 bits per heavy atom. The molecule has 0 spiro atoms. The normalized spacial score (nSPS) is 16.9. The highest BCUT2D eigenvalue weighted by Crippen LogP contribution is 2.26. The number of hydrogen-bond acceptors (Lipinski definition) is 3. The van der Waals surface area contributed by atoms with E-state index in [-0.39, 0.29) is 0 Å². The Labute approximate surface area is 158 Å². The molecule has 0 saturated carbocycles. The molecule has 1 aliphatic rings. The van der Waals surface area contributed by atoms with Crippen LogP contribution in [0.1, 0.15) is 6.92 Å². The highest BCUT2D eigenvalue weighted by molar-refractivity contribution is 5.82. The number of nitrogens with zero attached hydrogens (tertiary/aromatic N) is 4. The van der Waals surface area contributed by atoms with Gasteiger partial charge in [0.25, 0.3) is 0 Å². The minimum atomic E-state index is 0.436. The molecule has 1 atom stereocenters. The lowest BCUT2D eigenvalue weighted by molar-refractivity contribution is 0.0173. The molecular formula is C22H24N4O. The predicted molar refractivity (Wildman–Crippen MR) is 108 cm³/mol. The molecular weight excluding hydrogens is 336 g/mol. The number of benzene rings is 2. The van der Waals surface area contributed by atoms with Crippen molar-refractivity contribution in [3.8, 4) is 11.3 Å². The van der Waals surface area contributed by atoms with Crippen molar-refractivity contribution in [3.63, 3.8) is 0 Å². The van der Waals surface area contributed by atoms with Crippen LogP contribution in [0.3, 0.4) is 0 Å². The van der Waals surface area contributed by atoms with Gasteiger partial charge in [-0.15, -0.1) is 0 Å². The summed E-state index contributed by atoms with van der Waals surface area (Å²) in [6.07, 6.45) is 2.16. The summed E-state index contributed by atoms with van der Waals surface area (Å²) in [5, 5.41) is 0. The van der Waals surface area contributed by atoms with E-state index in [0.717, 1.165) is 49.9 Å². The van der Waals surface area contributed by atoms with Gasteiger partial charge in [0.1, 0.15) is 0 Å². The van der Waals surface area contributed by atoms with Crippen molar-refractivity contribution in [2.75, 3.05) is 26.3 Å². The molecule has 1 unspecified atom stereocenters. The van der Waals surface area contributed by atoms with E-state index in [1.54, 1.807) is 0 Å². The van der Waals surface area contributed by atoms with Gasteiger partial charge in [0, 0.05) is 37.4 Å². The molecule has 0 N–H and O–H groups in total. The minimum absolute atomic E-state index is 0.436. The second-order valence-electron chi connectivity index (χ2n) is 7.26. The van der Waals surface area contributed by atoms with E-state index in [0.29, 0.717) is 6.04 Å². The second-order valence-corrected chi connectivity index (χ2v) is 7.26. The average Bonchev–Trinajstić information content (AvgIpc) is 3.28. The van der Waals surface area contributed by atoms with Gasteiger partial charge in [0.05, 0.1) is 29.9 Å². The Hall–Kier alpha value is -2.63. The number of hydrogen-bond donors (Lipinski definition) is 0. The van der Waals surface area contributed by atoms with Crippen LogP contribution in [-0.2, 0) is 11.3 Å². The molecule has 5 rings (SSSR count). The molecule has 27 heavy (non-hydrogen) atoms. The Morgan fingerprint density at radius 3 is 2.44 bits per heavy atom. The summed E-state index contributed by atoms with van der Waals surface area (Å²) in [6.45, 7) is 6.88. The molecule has 0 aliphatic carbocycles. The summed E-state index contributed by atoms with van der Waals surface area (Å²) in [4.78, 5) is 7.51. The number of imidazole rings is 2. The number of fused-ring (bicyclic) bond motifs is 3. The molecule has 1 aliphatic heterocycles. The lowest BCUT2D eigenvalue weighted by Gasteiger charge is -2.32. The van der Waals surface area contributed by atoms with Crippen molar-refractivity contribution in [1.29, 1.82) is 0 Å². The van der Waals surface area contributed by atoms with Gasteiger partial charge in [-0.2, -0.15) is 0 Å². The van der Waals surface area contributed by atoms with Gasteiger partial charge in [-0.25, -0.2) is 4.98 Å². The number of para-hydroxylation sites is 2. The highest BCUT2D eigenvalue weighted by atomic mass is 16.5. The van der Waals surface area contributed by atoms with Crippen molar-refractivity contribution in [2.45, 2.75) is 19.5 Å². The van der Waals surface area contributed by atoms with Crippen LogP contribution in [0.2, 0.25) is 0 Å². The van der Waals surface area contributed by atoms with Gasteiger partial charge < -0.3 is 9.30 Å². The number of aromatic nitrogens is 3. The van der Waals surface area contributed by atoms with Crippen LogP contribution >= 0.6 is 0 Å². The van der Waals surface area contributed by atoms with E-state index in [1.165, 1.54) is 11.0 Å². The average molecular weight is 360 g/mol. The first-order valence-corrected chi connectivity index (χ1v) is 9.65. The Balaban J connectivity index is 1.59. The molecule has 5 heteroatoms. The molecule has 3 heterocycles. The summed E-state index contributed by atoms with van der Waals surface area (Å²) in [7, 11) is 0. The summed E-state index contributed by atoms with van der Waals surface area (Å²) in [6, 6.07) is 19.4. The van der Waals surface area contributed by atoms with Gasteiger partial charge in [-0.3, -0.25) is 9.30 Å². The Bertz CT molecular complexity index is 1060. The van der Waals surface area contributed by atoms with E-state index >= 15 is 0 Å². The molecule has 0 radical (unpaired) electrons. The zero-order valence-electron chi connectivity index (χ0n) is 15.6. The van der Waals surface area contributed by atoms with Crippen LogP contribution in [0.15, 0.2) is 60.8 Å². The van der Waals surface area contributed by atoms with Gasteiger partial charge in [-0.1, -0.05) is 42.5 Å². The molecule has 1 fully saturated rings. The second kappa shape index (κ2) is 6.83. The number of rotatable bonds is 4. The Morgan fingerprint density at radius 2 is 1.67 bits per heavy atom. The van der Waals surface area contributed by atoms with Crippen molar-refractivity contribution in [1.82, 2.24) is 18.9 Å². The van der Waals surface area contributed by atoms with Crippen LogP contribution < -0.4 is 0 Å². The van der Waals surface area contributed by atoms with Crippen molar-refractivity contribution in [2.24, 2.45) is 0 Å². The van der Waals surface area contributed by atoms with Crippen LogP contribution in [-0.4, -0.2) is 51.2 Å². The van der Waals surface area contributed by atoms with E-state index in [2.05, 4.69) is 75.5 Å². The monoisotopic (exact) mass is 360 g/mol. The van der Waals surface area contributed by atoms with Crippen molar-refractivity contribution in [3.05, 3.63) is 60.8 Å². The van der Waals surface area contributed by atoms with Gasteiger partial charge >= 0.3 is 0 Å². The fraction of sp³-hybridized carbons (Fsp3) is 0.318. The fourth-order valence-corrected chi connectivity index (χ4v) is 4.07. The number of ether oxygens (including phenoxy) is 1. The molecule has 2 aromatic carbocycles. The molecule has 0 amide bonds. The van der Waals surface area contributed by atoms with Crippen molar-refractivity contribution < 1.29 is 4.74 Å². The van der Waals surface area contributed by atoms with E-state index < -0.39 is 0 Å². The van der Waals surface area contributed by atoms with Crippen molar-refractivity contribution >= 4 is 16.8 Å². The van der Waals surface area contributed by atoms with E-state index in [4.69, 9.17) is 9.72 Å². The molecule has 2 aromatic heterocycles.